The summed E-state index contributed by atoms with van der Waals surface area (Å²) in [5.74, 6) is -0.518. The monoisotopic (exact) mass is 233 g/mol. The quantitative estimate of drug-likeness (QED) is 0.803. The Balaban J connectivity index is 2.27. The van der Waals surface area contributed by atoms with E-state index in [0.717, 1.165) is 0 Å². The molecule has 0 aliphatic heterocycles. The van der Waals surface area contributed by atoms with E-state index >= 15 is 0 Å². The van der Waals surface area contributed by atoms with Crippen molar-refractivity contribution in [1.29, 1.82) is 0 Å². The third kappa shape index (κ3) is 4.72. The Kier molecular flexibility index (Phi) is 4.21. The van der Waals surface area contributed by atoms with Gasteiger partial charge in [-0.15, -0.1) is 0 Å². The third-order valence-electron chi connectivity index (χ3n) is 1.72. The summed E-state index contributed by atoms with van der Waals surface area (Å²) in [7, 11) is 0. The summed E-state index contributed by atoms with van der Waals surface area (Å²) in [5.41, 5.74) is 0.0921. The standard InChI is InChI=1S/C9H10F3N3O/c10-9(11,12)2-1-3-15-8(16)7-6-13-4-5-14-7/h4-6H,1-3H2,(H,15,16). The molecule has 0 fully saturated rings. The summed E-state index contributed by atoms with van der Waals surface area (Å²) < 4.78 is 35.3. The summed E-state index contributed by atoms with van der Waals surface area (Å²) in [6, 6.07) is 0. The fourth-order valence-electron chi connectivity index (χ4n) is 0.998. The van der Waals surface area contributed by atoms with Crippen molar-refractivity contribution in [3.8, 4) is 0 Å². The normalized spacial score (nSPS) is 11.2. The molecule has 0 saturated heterocycles. The van der Waals surface area contributed by atoms with Gasteiger partial charge in [-0.25, -0.2) is 4.98 Å². The molecule has 0 saturated carbocycles. The topological polar surface area (TPSA) is 54.9 Å². The van der Waals surface area contributed by atoms with E-state index in [-0.39, 0.29) is 18.7 Å². The number of rotatable bonds is 4. The third-order valence-corrected chi connectivity index (χ3v) is 1.72. The highest BCUT2D eigenvalue weighted by Crippen LogP contribution is 2.20. The van der Waals surface area contributed by atoms with Gasteiger partial charge in [0.2, 0.25) is 0 Å². The average Bonchev–Trinajstić information content (AvgIpc) is 2.24. The molecule has 1 aromatic rings. The van der Waals surface area contributed by atoms with Gasteiger partial charge in [0, 0.05) is 25.4 Å². The number of carbonyl (C=O) groups is 1. The van der Waals surface area contributed by atoms with E-state index in [1.165, 1.54) is 18.6 Å². The van der Waals surface area contributed by atoms with E-state index in [1.807, 2.05) is 0 Å². The first kappa shape index (κ1) is 12.4. The van der Waals surface area contributed by atoms with E-state index in [1.54, 1.807) is 0 Å². The summed E-state index contributed by atoms with van der Waals surface area (Å²) >= 11 is 0. The van der Waals surface area contributed by atoms with Gasteiger partial charge in [-0.3, -0.25) is 9.78 Å². The van der Waals surface area contributed by atoms with Crippen molar-refractivity contribution in [2.75, 3.05) is 6.54 Å². The zero-order chi connectivity index (χ0) is 12.0. The fraction of sp³-hybridized carbons (Fsp3) is 0.444. The number of alkyl halides is 3. The maximum absolute atomic E-state index is 11.8. The van der Waals surface area contributed by atoms with Gasteiger partial charge < -0.3 is 5.32 Å². The fourth-order valence-corrected chi connectivity index (χ4v) is 0.998. The number of amides is 1. The summed E-state index contributed by atoms with van der Waals surface area (Å²) in [6.07, 6.45) is -1.25. The molecule has 0 aliphatic carbocycles. The Morgan fingerprint density at radius 1 is 1.38 bits per heavy atom. The number of nitrogens with zero attached hydrogens (tertiary/aromatic N) is 2. The molecule has 88 valence electrons. The lowest BCUT2D eigenvalue weighted by atomic mass is 10.3. The minimum Gasteiger partial charge on any atom is -0.351 e. The van der Waals surface area contributed by atoms with Gasteiger partial charge in [-0.05, 0) is 6.42 Å². The van der Waals surface area contributed by atoms with Crippen molar-refractivity contribution < 1.29 is 18.0 Å². The lowest BCUT2D eigenvalue weighted by molar-refractivity contribution is -0.135. The lowest BCUT2D eigenvalue weighted by Gasteiger charge is -2.06. The molecule has 1 aromatic heterocycles. The van der Waals surface area contributed by atoms with Crippen LogP contribution in [0.25, 0.3) is 0 Å². The first-order valence-corrected chi connectivity index (χ1v) is 4.60. The van der Waals surface area contributed by atoms with Gasteiger partial charge in [-0.2, -0.15) is 13.2 Å². The average molecular weight is 233 g/mol. The Morgan fingerprint density at radius 2 is 2.12 bits per heavy atom. The highest BCUT2D eigenvalue weighted by atomic mass is 19.4. The summed E-state index contributed by atoms with van der Waals surface area (Å²) in [4.78, 5) is 18.7. The first-order chi connectivity index (χ1) is 7.49. The van der Waals surface area contributed by atoms with Crippen molar-refractivity contribution in [1.82, 2.24) is 15.3 Å². The zero-order valence-corrected chi connectivity index (χ0v) is 8.29. The van der Waals surface area contributed by atoms with Crippen LogP contribution in [0.15, 0.2) is 18.6 Å². The molecule has 1 amide bonds. The predicted molar refractivity (Wildman–Crippen MR) is 49.7 cm³/mol. The minimum atomic E-state index is -4.18. The van der Waals surface area contributed by atoms with E-state index in [0.29, 0.717) is 0 Å². The Hall–Kier alpha value is -1.66. The number of carbonyl (C=O) groups excluding carboxylic acids is 1. The highest BCUT2D eigenvalue weighted by molar-refractivity contribution is 5.91. The Bertz CT molecular complexity index is 340. The van der Waals surface area contributed by atoms with Crippen molar-refractivity contribution in [2.24, 2.45) is 0 Å². The SMILES string of the molecule is O=C(NCCCC(F)(F)F)c1cnccn1. The molecule has 0 bridgehead atoms. The van der Waals surface area contributed by atoms with E-state index in [9.17, 15) is 18.0 Å². The van der Waals surface area contributed by atoms with E-state index in [4.69, 9.17) is 0 Å². The van der Waals surface area contributed by atoms with Crippen LogP contribution in [0.2, 0.25) is 0 Å². The molecule has 0 spiro atoms. The van der Waals surface area contributed by atoms with E-state index in [2.05, 4.69) is 15.3 Å². The molecule has 16 heavy (non-hydrogen) atoms. The largest absolute Gasteiger partial charge is 0.389 e. The molecule has 0 radical (unpaired) electrons. The molecule has 1 N–H and O–H groups in total. The number of halogens is 3. The van der Waals surface area contributed by atoms with E-state index < -0.39 is 18.5 Å². The molecule has 0 atom stereocenters. The summed E-state index contributed by atoms with van der Waals surface area (Å²) in [5, 5.41) is 2.33. The van der Waals surface area contributed by atoms with Gasteiger partial charge in [0.25, 0.3) is 5.91 Å². The second-order valence-electron chi connectivity index (χ2n) is 3.07. The van der Waals surface area contributed by atoms with Gasteiger partial charge >= 0.3 is 6.18 Å². The van der Waals surface area contributed by atoms with Gasteiger partial charge in [0.15, 0.2) is 0 Å². The zero-order valence-electron chi connectivity index (χ0n) is 8.29. The van der Waals surface area contributed by atoms with Crippen molar-refractivity contribution in [3.63, 3.8) is 0 Å². The van der Waals surface area contributed by atoms with Crippen LogP contribution in [0.4, 0.5) is 13.2 Å². The van der Waals surface area contributed by atoms with Crippen LogP contribution in [0, 0.1) is 0 Å². The number of nitrogens with one attached hydrogen (secondary N) is 1. The van der Waals surface area contributed by atoms with Crippen LogP contribution in [0.3, 0.4) is 0 Å². The second-order valence-corrected chi connectivity index (χ2v) is 3.07. The van der Waals surface area contributed by atoms with Gasteiger partial charge in [0.05, 0.1) is 6.20 Å². The number of aromatic nitrogens is 2. The van der Waals surface area contributed by atoms with Crippen molar-refractivity contribution in [3.05, 3.63) is 24.3 Å². The van der Waals surface area contributed by atoms with Crippen LogP contribution in [0.5, 0.6) is 0 Å². The maximum atomic E-state index is 11.8. The molecule has 0 unspecified atom stereocenters. The molecule has 4 nitrogen and oxygen atoms in total. The molecular formula is C9H10F3N3O. The molecular weight excluding hydrogens is 223 g/mol. The lowest BCUT2D eigenvalue weighted by Crippen LogP contribution is -2.26. The van der Waals surface area contributed by atoms with Gasteiger partial charge in [-0.1, -0.05) is 0 Å². The smallest absolute Gasteiger partial charge is 0.351 e. The summed E-state index contributed by atoms with van der Waals surface area (Å²) in [6.45, 7) is -0.0328. The minimum absolute atomic E-state index is 0.0328. The Labute approximate surface area is 89.9 Å². The first-order valence-electron chi connectivity index (χ1n) is 4.60. The number of hydrogen-bond donors (Lipinski definition) is 1. The Morgan fingerprint density at radius 3 is 2.69 bits per heavy atom. The molecule has 7 heteroatoms. The molecule has 1 heterocycles. The molecule has 1 rings (SSSR count). The van der Waals surface area contributed by atoms with Crippen LogP contribution < -0.4 is 5.32 Å². The number of hydrogen-bond acceptors (Lipinski definition) is 3. The maximum Gasteiger partial charge on any atom is 0.389 e. The molecule has 0 aliphatic rings. The van der Waals surface area contributed by atoms with Crippen LogP contribution >= 0.6 is 0 Å². The second kappa shape index (κ2) is 5.43. The van der Waals surface area contributed by atoms with Gasteiger partial charge in [0.1, 0.15) is 5.69 Å². The van der Waals surface area contributed by atoms with Crippen molar-refractivity contribution >= 4 is 5.91 Å². The molecule has 0 aromatic carbocycles. The predicted octanol–water partition coefficient (Wildman–Crippen LogP) is 1.55. The van der Waals surface area contributed by atoms with Crippen molar-refractivity contribution in [2.45, 2.75) is 19.0 Å². The van der Waals surface area contributed by atoms with Crippen LogP contribution in [-0.2, 0) is 0 Å². The van der Waals surface area contributed by atoms with Crippen LogP contribution in [0.1, 0.15) is 23.3 Å². The van der Waals surface area contributed by atoms with Crippen LogP contribution in [-0.4, -0.2) is 28.6 Å². The highest BCUT2D eigenvalue weighted by Gasteiger charge is 2.25.